The van der Waals surface area contributed by atoms with E-state index in [0.717, 1.165) is 35.3 Å². The third-order valence-corrected chi connectivity index (χ3v) is 12.4. The Hall–Kier alpha value is -4.72. The number of rotatable bonds is 6. The normalized spacial score (nSPS) is 20.7. The highest BCUT2D eigenvalue weighted by Gasteiger charge is 2.62. The lowest BCUT2D eigenvalue weighted by molar-refractivity contribution is -0.110. The summed E-state index contributed by atoms with van der Waals surface area (Å²) in [5, 5.41) is 14.1. The molecule has 0 radical (unpaired) electrons. The Morgan fingerprint density at radius 2 is 0.484 bits per heavy atom. The Labute approximate surface area is 370 Å². The van der Waals surface area contributed by atoms with Crippen molar-refractivity contribution < 1.29 is 76.3 Å². The molecule has 0 amide bonds. The fourth-order valence-corrected chi connectivity index (χ4v) is 10.4. The van der Waals surface area contributed by atoms with Crippen molar-refractivity contribution in [1.82, 2.24) is 0 Å². The maximum Gasteiger partial charge on any atom is 0.246 e. The molecule has 6 aliphatic heterocycles. The van der Waals surface area contributed by atoms with E-state index in [4.69, 9.17) is 56.8 Å². The van der Waals surface area contributed by atoms with E-state index in [-0.39, 0.29) is 116 Å². The molecule has 19 heteroatoms. The summed E-state index contributed by atoms with van der Waals surface area (Å²) in [6, 6.07) is 0. The molecule has 3 aromatic carbocycles. The monoisotopic (exact) mass is 914 g/mol. The molecule has 0 atom stereocenters. The van der Waals surface area contributed by atoms with Crippen molar-refractivity contribution in [2.45, 2.75) is 159 Å². The highest BCUT2D eigenvalue weighted by Crippen LogP contribution is 2.73. The summed E-state index contributed by atoms with van der Waals surface area (Å²) in [7, 11) is 0. The van der Waals surface area contributed by atoms with E-state index in [0.29, 0.717) is 0 Å². The molecule has 0 aliphatic carbocycles. The van der Waals surface area contributed by atoms with Crippen LogP contribution >= 0.6 is 35.3 Å². The summed E-state index contributed by atoms with van der Waals surface area (Å²) in [6.07, 6.45) is 0. The van der Waals surface area contributed by atoms with Gasteiger partial charge in [0.2, 0.25) is 34.7 Å². The molecule has 62 heavy (non-hydrogen) atoms. The molecular weight excluding hydrogens is 869 g/mol. The highest BCUT2D eigenvalue weighted by molar-refractivity contribution is 8.14. The van der Waals surface area contributed by atoms with Gasteiger partial charge in [0.1, 0.15) is 14.7 Å². The Morgan fingerprint density at radius 1 is 0.339 bits per heavy atom. The van der Waals surface area contributed by atoms with Crippen LogP contribution in [0.25, 0.3) is 0 Å². The van der Waals surface area contributed by atoms with Crippen LogP contribution in [0.2, 0.25) is 0 Å². The van der Waals surface area contributed by atoms with Crippen molar-refractivity contribution in [3.8, 4) is 69.0 Å². The van der Waals surface area contributed by atoms with E-state index in [1.807, 2.05) is 0 Å². The third-order valence-electron chi connectivity index (χ3n) is 9.83. The van der Waals surface area contributed by atoms with E-state index in [9.17, 15) is 14.4 Å². The van der Waals surface area contributed by atoms with Crippen LogP contribution in [-0.4, -0.2) is 55.2 Å². The number of thioether (sulfide) groups is 3. The largest absolute Gasteiger partial charge is 0.448 e. The van der Waals surface area contributed by atoms with Gasteiger partial charge in [0.05, 0.1) is 16.7 Å². The zero-order valence-electron chi connectivity index (χ0n) is 36.8. The van der Waals surface area contributed by atoms with Crippen LogP contribution < -0.4 is 56.8 Å². The Balaban J connectivity index is 1.54. The first-order valence-corrected chi connectivity index (χ1v) is 22.2. The quantitative estimate of drug-likeness (QED) is 0.183. The molecule has 6 heterocycles. The van der Waals surface area contributed by atoms with Gasteiger partial charge in [0.15, 0.2) is 89.9 Å². The number of benzene rings is 3. The van der Waals surface area contributed by atoms with Gasteiger partial charge in [-0.2, -0.15) is 0 Å². The zero-order chi connectivity index (χ0) is 45.2. The van der Waals surface area contributed by atoms with Gasteiger partial charge in [-0.3, -0.25) is 14.4 Å². The molecule has 0 aromatic heterocycles. The molecule has 3 aromatic rings. The topological polar surface area (TPSA) is 182 Å². The summed E-state index contributed by atoms with van der Waals surface area (Å²) >= 11 is 2.51. The second-order valence-electron chi connectivity index (χ2n) is 18.2. The fraction of sp³-hybridized carbons (Fsp3) is 0.512. The number of hydrogen-bond acceptors (Lipinski definition) is 19. The number of aliphatic hydroxyl groups is 1. The van der Waals surface area contributed by atoms with E-state index < -0.39 is 40.3 Å². The molecule has 0 unspecified atom stereocenters. The number of carbonyl (C=O) groups is 3. The molecule has 0 spiro atoms. The second-order valence-corrected chi connectivity index (χ2v) is 21.7. The van der Waals surface area contributed by atoms with Gasteiger partial charge in [-0.15, -0.1) is 0 Å². The number of fused-ring (bicyclic) bond motifs is 6. The molecule has 0 saturated carbocycles. The standard InChI is InChI=1S/C43H46O16S3/c1-16(44)60-34-28-22(48-37(4,5)54-28)19(23-29(34)55-38(6,7)49-23)43(47,20-24-30(56-39(8,9)50-24)35(61-17(2)45)31-25(20)51-40(10,11)57-31)21-26-32(58-41(12,13)52-26)36(62-18(3)46)33-27(21)53-42(14,15)59-33/h47H,1-15H3. The minimum atomic E-state index is -2.75. The lowest BCUT2D eigenvalue weighted by Crippen LogP contribution is -2.36. The first-order chi connectivity index (χ1) is 28.4. The molecular formula is C43H46O16S3. The van der Waals surface area contributed by atoms with Gasteiger partial charge in [-0.1, -0.05) is 0 Å². The summed E-state index contributed by atoms with van der Waals surface area (Å²) < 4.78 is 79.2. The zero-order valence-corrected chi connectivity index (χ0v) is 39.2. The van der Waals surface area contributed by atoms with Gasteiger partial charge in [-0.05, 0) is 35.3 Å². The van der Waals surface area contributed by atoms with Crippen molar-refractivity contribution >= 4 is 50.6 Å². The van der Waals surface area contributed by atoms with Crippen molar-refractivity contribution in [3.05, 3.63) is 16.7 Å². The number of ether oxygens (including phenoxy) is 12. The predicted molar refractivity (Wildman–Crippen MR) is 223 cm³/mol. The third kappa shape index (κ3) is 6.58. The molecule has 0 saturated heterocycles. The molecule has 0 fully saturated rings. The van der Waals surface area contributed by atoms with Crippen LogP contribution in [0.15, 0.2) is 14.7 Å². The van der Waals surface area contributed by atoms with E-state index in [1.165, 1.54) is 20.8 Å². The highest BCUT2D eigenvalue weighted by atomic mass is 32.2. The van der Waals surface area contributed by atoms with Crippen LogP contribution in [0.3, 0.4) is 0 Å². The minimum Gasteiger partial charge on any atom is -0.448 e. The average Bonchev–Trinajstić information content (AvgIpc) is 3.90. The Kier molecular flexibility index (Phi) is 8.89. The molecule has 16 nitrogen and oxygen atoms in total. The smallest absolute Gasteiger partial charge is 0.246 e. The first-order valence-electron chi connectivity index (χ1n) is 19.7. The van der Waals surface area contributed by atoms with Crippen LogP contribution in [-0.2, 0) is 20.0 Å². The van der Waals surface area contributed by atoms with Gasteiger partial charge in [0, 0.05) is 104 Å². The predicted octanol–water partition coefficient (Wildman–Crippen LogP) is 8.93. The Bertz CT molecular complexity index is 2180. The maximum absolute atomic E-state index is 15.0. The summed E-state index contributed by atoms with van der Waals surface area (Å²) in [4.78, 5) is 39.6. The van der Waals surface area contributed by atoms with Gasteiger partial charge in [0.25, 0.3) is 0 Å². The van der Waals surface area contributed by atoms with Gasteiger partial charge >= 0.3 is 0 Å². The number of hydrogen-bond donors (Lipinski definition) is 1. The Morgan fingerprint density at radius 3 is 0.629 bits per heavy atom. The minimum absolute atomic E-state index is 0.0524. The van der Waals surface area contributed by atoms with Crippen LogP contribution in [0.4, 0.5) is 0 Å². The van der Waals surface area contributed by atoms with E-state index in [1.54, 1.807) is 83.1 Å². The number of carbonyl (C=O) groups excluding carboxylic acids is 3. The van der Waals surface area contributed by atoms with Crippen molar-refractivity contribution in [3.63, 3.8) is 0 Å². The van der Waals surface area contributed by atoms with E-state index in [2.05, 4.69) is 0 Å². The summed E-state index contributed by atoms with van der Waals surface area (Å²) in [5.41, 5.74) is -3.11. The summed E-state index contributed by atoms with van der Waals surface area (Å²) in [6.45, 7) is 24.2. The van der Waals surface area contributed by atoms with Crippen molar-refractivity contribution in [1.29, 1.82) is 0 Å². The summed E-state index contributed by atoms with van der Waals surface area (Å²) in [5.74, 6) is -8.31. The molecule has 6 aliphatic rings. The molecule has 1 N–H and O–H groups in total. The van der Waals surface area contributed by atoms with Crippen molar-refractivity contribution in [2.24, 2.45) is 0 Å². The lowest BCUT2D eigenvalue weighted by Gasteiger charge is -2.35. The fourth-order valence-electron chi connectivity index (χ4n) is 8.20. The molecule has 332 valence electrons. The van der Waals surface area contributed by atoms with Crippen LogP contribution in [0, 0.1) is 0 Å². The second kappa shape index (κ2) is 12.9. The van der Waals surface area contributed by atoms with Crippen LogP contribution in [0.1, 0.15) is 121 Å². The van der Waals surface area contributed by atoms with E-state index >= 15 is 5.11 Å². The van der Waals surface area contributed by atoms with Gasteiger partial charge < -0.3 is 61.9 Å². The first kappa shape index (κ1) is 42.6. The van der Waals surface area contributed by atoms with Crippen molar-refractivity contribution in [2.75, 3.05) is 0 Å². The lowest BCUT2D eigenvalue weighted by atomic mass is 9.76. The van der Waals surface area contributed by atoms with Gasteiger partial charge in [-0.25, -0.2) is 0 Å². The average molecular weight is 915 g/mol. The maximum atomic E-state index is 15.0. The molecule has 9 rings (SSSR count). The molecule has 0 bridgehead atoms. The SMILES string of the molecule is CC(=O)Sc1c2c(c(C(O)(c3c4c(c(SC(C)=O)c5c3OC(C)(C)O5)OC(C)(C)O4)c3c4c(c(SC(C)=O)c5c3OC(C)(C)O5)OC(C)(C)O4)c3c1OC(C)(C)O3)OC(C)(C)O2. The van der Waals surface area contributed by atoms with Crippen LogP contribution in [0.5, 0.6) is 69.0 Å².